The van der Waals surface area contributed by atoms with E-state index in [-0.39, 0.29) is 18.5 Å². The maximum absolute atomic E-state index is 11.9. The molecule has 0 aromatic carbocycles. The molecular formula is C16H24O3. The lowest BCUT2D eigenvalue weighted by Crippen LogP contribution is -2.35. The highest BCUT2D eigenvalue weighted by atomic mass is 16.5. The minimum atomic E-state index is -0.0641. The van der Waals surface area contributed by atoms with Crippen molar-refractivity contribution in [3.63, 3.8) is 0 Å². The Labute approximate surface area is 115 Å². The van der Waals surface area contributed by atoms with Crippen molar-refractivity contribution in [2.45, 2.75) is 46.1 Å². The molecule has 1 heterocycles. The van der Waals surface area contributed by atoms with E-state index in [1.165, 1.54) is 19.1 Å². The van der Waals surface area contributed by atoms with Gasteiger partial charge < -0.3 is 9.15 Å². The van der Waals surface area contributed by atoms with E-state index < -0.39 is 0 Å². The lowest BCUT2D eigenvalue weighted by atomic mass is 9.75. The normalized spacial score (nSPS) is 27.7. The summed E-state index contributed by atoms with van der Waals surface area (Å²) in [6.45, 7) is 6.88. The maximum atomic E-state index is 11.9. The van der Waals surface area contributed by atoms with Crippen LogP contribution in [-0.4, -0.2) is 18.5 Å². The van der Waals surface area contributed by atoms with Gasteiger partial charge in [-0.15, -0.1) is 0 Å². The maximum Gasteiger partial charge on any atom is 0.223 e. The largest absolute Gasteiger partial charge is 0.461 e. The van der Waals surface area contributed by atoms with Crippen molar-refractivity contribution in [1.82, 2.24) is 0 Å². The SMILES string of the molecule is CC1CCC(C(C)C)C(OCC(=O)c2ccco2)C1. The number of ketones is 1. The zero-order valence-electron chi connectivity index (χ0n) is 12.1. The van der Waals surface area contributed by atoms with Gasteiger partial charge in [-0.25, -0.2) is 0 Å². The van der Waals surface area contributed by atoms with Crippen molar-refractivity contribution in [1.29, 1.82) is 0 Å². The molecule has 3 atom stereocenters. The second-order valence-corrected chi connectivity index (χ2v) is 6.08. The molecule has 1 aromatic rings. The van der Waals surface area contributed by atoms with Crippen molar-refractivity contribution >= 4 is 5.78 Å². The van der Waals surface area contributed by atoms with E-state index in [0.717, 1.165) is 6.42 Å². The van der Waals surface area contributed by atoms with Gasteiger partial charge in [-0.2, -0.15) is 0 Å². The van der Waals surface area contributed by atoms with Gasteiger partial charge >= 0.3 is 0 Å². The Hall–Kier alpha value is -1.09. The second-order valence-electron chi connectivity index (χ2n) is 6.08. The van der Waals surface area contributed by atoms with Crippen LogP contribution in [0.4, 0.5) is 0 Å². The van der Waals surface area contributed by atoms with Crippen molar-refractivity contribution in [2.24, 2.45) is 17.8 Å². The zero-order valence-corrected chi connectivity index (χ0v) is 12.1. The van der Waals surface area contributed by atoms with Gasteiger partial charge in [0.15, 0.2) is 5.76 Å². The number of hydrogen-bond acceptors (Lipinski definition) is 3. The third-order valence-corrected chi connectivity index (χ3v) is 4.19. The molecule has 0 aliphatic heterocycles. The van der Waals surface area contributed by atoms with E-state index in [9.17, 15) is 4.79 Å². The number of carbonyl (C=O) groups is 1. The number of ether oxygens (including phenoxy) is 1. The van der Waals surface area contributed by atoms with E-state index in [1.807, 2.05) is 0 Å². The fraction of sp³-hybridized carbons (Fsp3) is 0.688. The molecule has 1 saturated carbocycles. The Kier molecular flexibility index (Phi) is 4.81. The van der Waals surface area contributed by atoms with Crippen LogP contribution in [0, 0.1) is 17.8 Å². The number of Topliss-reactive ketones (excluding diaryl/α,β-unsaturated/α-hetero) is 1. The molecule has 0 spiro atoms. The first-order valence-electron chi connectivity index (χ1n) is 7.26. The predicted octanol–water partition coefficient (Wildman–Crippen LogP) is 3.94. The van der Waals surface area contributed by atoms with Crippen LogP contribution < -0.4 is 0 Å². The summed E-state index contributed by atoms with van der Waals surface area (Å²) in [6.07, 6.45) is 5.27. The highest BCUT2D eigenvalue weighted by Crippen LogP contribution is 2.35. The third kappa shape index (κ3) is 3.69. The first kappa shape index (κ1) is 14.3. The first-order chi connectivity index (χ1) is 9.08. The number of carbonyl (C=O) groups excluding carboxylic acids is 1. The lowest BCUT2D eigenvalue weighted by molar-refractivity contribution is -0.0314. The first-order valence-corrected chi connectivity index (χ1v) is 7.26. The van der Waals surface area contributed by atoms with Gasteiger partial charge in [0, 0.05) is 0 Å². The molecule has 0 amide bonds. The van der Waals surface area contributed by atoms with E-state index in [4.69, 9.17) is 9.15 Å². The Balaban J connectivity index is 1.90. The topological polar surface area (TPSA) is 39.4 Å². The van der Waals surface area contributed by atoms with Crippen LogP contribution in [-0.2, 0) is 4.74 Å². The van der Waals surface area contributed by atoms with Crippen molar-refractivity contribution in [3.05, 3.63) is 24.2 Å². The van der Waals surface area contributed by atoms with Crippen LogP contribution in [0.2, 0.25) is 0 Å². The molecule has 0 radical (unpaired) electrons. The van der Waals surface area contributed by atoms with Crippen LogP contribution in [0.25, 0.3) is 0 Å². The summed E-state index contributed by atoms with van der Waals surface area (Å²) >= 11 is 0. The molecule has 106 valence electrons. The Morgan fingerprint density at radius 2 is 2.26 bits per heavy atom. The minimum absolute atomic E-state index is 0.0641. The predicted molar refractivity (Wildman–Crippen MR) is 74.1 cm³/mol. The van der Waals surface area contributed by atoms with Crippen LogP contribution >= 0.6 is 0 Å². The summed E-state index contributed by atoms with van der Waals surface area (Å²) in [6, 6.07) is 3.42. The molecule has 1 aromatic heterocycles. The molecule has 1 aliphatic rings. The lowest BCUT2D eigenvalue weighted by Gasteiger charge is -2.36. The van der Waals surface area contributed by atoms with Gasteiger partial charge in [-0.1, -0.05) is 27.2 Å². The van der Waals surface area contributed by atoms with Gasteiger partial charge in [0.25, 0.3) is 0 Å². The second kappa shape index (κ2) is 6.38. The molecule has 0 N–H and O–H groups in total. The quantitative estimate of drug-likeness (QED) is 0.756. The third-order valence-electron chi connectivity index (χ3n) is 4.19. The van der Waals surface area contributed by atoms with Gasteiger partial charge in [0.2, 0.25) is 5.78 Å². The highest BCUT2D eigenvalue weighted by molar-refractivity contribution is 5.94. The Morgan fingerprint density at radius 1 is 1.47 bits per heavy atom. The van der Waals surface area contributed by atoms with Crippen LogP contribution in [0.3, 0.4) is 0 Å². The molecule has 1 aliphatic carbocycles. The van der Waals surface area contributed by atoms with Gasteiger partial charge in [0.05, 0.1) is 12.4 Å². The van der Waals surface area contributed by atoms with Gasteiger partial charge in [0.1, 0.15) is 6.61 Å². The summed E-state index contributed by atoms with van der Waals surface area (Å²) in [4.78, 5) is 11.9. The molecule has 3 heteroatoms. The Bertz CT molecular complexity index is 394. The van der Waals surface area contributed by atoms with E-state index in [1.54, 1.807) is 12.1 Å². The summed E-state index contributed by atoms with van der Waals surface area (Å²) in [5.74, 6) is 2.20. The summed E-state index contributed by atoms with van der Waals surface area (Å²) in [7, 11) is 0. The van der Waals surface area contributed by atoms with Crippen LogP contribution in [0.5, 0.6) is 0 Å². The van der Waals surface area contributed by atoms with E-state index >= 15 is 0 Å². The highest BCUT2D eigenvalue weighted by Gasteiger charge is 2.31. The molecule has 1 fully saturated rings. The minimum Gasteiger partial charge on any atom is -0.461 e. The molecule has 0 saturated heterocycles. The standard InChI is InChI=1S/C16H24O3/c1-11(2)13-7-6-12(3)9-16(13)19-10-14(17)15-5-4-8-18-15/h4-5,8,11-13,16H,6-7,9-10H2,1-3H3. The monoisotopic (exact) mass is 264 g/mol. The van der Waals surface area contributed by atoms with Gasteiger partial charge in [-0.05, 0) is 42.7 Å². The van der Waals surface area contributed by atoms with Crippen molar-refractivity contribution in [3.8, 4) is 0 Å². The molecule has 3 nitrogen and oxygen atoms in total. The molecule has 2 rings (SSSR count). The summed E-state index contributed by atoms with van der Waals surface area (Å²) in [5.41, 5.74) is 0. The van der Waals surface area contributed by atoms with Gasteiger partial charge in [-0.3, -0.25) is 4.79 Å². The zero-order chi connectivity index (χ0) is 13.8. The van der Waals surface area contributed by atoms with Crippen LogP contribution in [0.1, 0.15) is 50.6 Å². The van der Waals surface area contributed by atoms with Crippen molar-refractivity contribution < 1.29 is 13.9 Å². The fourth-order valence-corrected chi connectivity index (χ4v) is 3.00. The fourth-order valence-electron chi connectivity index (χ4n) is 3.00. The smallest absolute Gasteiger partial charge is 0.223 e. The summed E-state index contributed by atoms with van der Waals surface area (Å²) in [5, 5.41) is 0. The Morgan fingerprint density at radius 3 is 2.89 bits per heavy atom. The average molecular weight is 264 g/mol. The van der Waals surface area contributed by atoms with E-state index in [2.05, 4.69) is 20.8 Å². The average Bonchev–Trinajstić information content (AvgIpc) is 2.89. The number of furan rings is 1. The summed E-state index contributed by atoms with van der Waals surface area (Å²) < 4.78 is 11.0. The molecule has 19 heavy (non-hydrogen) atoms. The van der Waals surface area contributed by atoms with Crippen molar-refractivity contribution in [2.75, 3.05) is 6.61 Å². The molecule has 3 unspecified atom stereocenters. The molecular weight excluding hydrogens is 240 g/mol. The number of rotatable bonds is 5. The number of hydrogen-bond donors (Lipinski definition) is 0. The molecule has 0 bridgehead atoms. The van der Waals surface area contributed by atoms with Crippen LogP contribution in [0.15, 0.2) is 22.8 Å². The van der Waals surface area contributed by atoms with E-state index in [0.29, 0.717) is 23.5 Å².